The molecule has 0 radical (unpaired) electrons. The SMILES string of the molecule is Cc1[nH]nc(Nc2ccnc(Cc3cccc(S(=O)(=O)N(C)C)c3)n2)c1C. The Kier molecular flexibility index (Phi) is 5.24. The van der Waals surface area contributed by atoms with Crippen LogP contribution < -0.4 is 5.32 Å². The predicted molar refractivity (Wildman–Crippen MR) is 103 cm³/mol. The van der Waals surface area contributed by atoms with Gasteiger partial charge in [-0.15, -0.1) is 0 Å². The second-order valence-electron chi connectivity index (χ2n) is 6.42. The van der Waals surface area contributed by atoms with Crippen LogP contribution >= 0.6 is 0 Å². The second kappa shape index (κ2) is 7.45. The molecule has 2 heterocycles. The van der Waals surface area contributed by atoms with Crippen molar-refractivity contribution in [3.05, 3.63) is 59.2 Å². The van der Waals surface area contributed by atoms with E-state index >= 15 is 0 Å². The van der Waals surface area contributed by atoms with Crippen LogP contribution in [0.3, 0.4) is 0 Å². The number of aromatic amines is 1. The summed E-state index contributed by atoms with van der Waals surface area (Å²) in [5.41, 5.74) is 2.84. The molecule has 2 aromatic heterocycles. The monoisotopic (exact) mass is 386 g/mol. The number of anilines is 2. The van der Waals surface area contributed by atoms with Gasteiger partial charge in [-0.2, -0.15) is 5.10 Å². The van der Waals surface area contributed by atoms with E-state index in [0.717, 1.165) is 22.6 Å². The molecule has 0 bridgehead atoms. The number of aryl methyl sites for hydroxylation is 1. The molecule has 0 amide bonds. The smallest absolute Gasteiger partial charge is 0.242 e. The van der Waals surface area contributed by atoms with Gasteiger partial charge in [0.25, 0.3) is 0 Å². The van der Waals surface area contributed by atoms with Crippen LogP contribution in [-0.2, 0) is 16.4 Å². The molecule has 0 saturated carbocycles. The molecule has 2 N–H and O–H groups in total. The number of hydrogen-bond donors (Lipinski definition) is 2. The summed E-state index contributed by atoms with van der Waals surface area (Å²) in [5.74, 6) is 1.94. The molecule has 1 aromatic carbocycles. The van der Waals surface area contributed by atoms with Gasteiger partial charge in [0.05, 0.1) is 4.90 Å². The molecule has 142 valence electrons. The van der Waals surface area contributed by atoms with E-state index < -0.39 is 10.0 Å². The van der Waals surface area contributed by atoms with Crippen molar-refractivity contribution in [1.82, 2.24) is 24.5 Å². The predicted octanol–water partition coefficient (Wildman–Crippen LogP) is 2.40. The highest BCUT2D eigenvalue weighted by Gasteiger charge is 2.17. The van der Waals surface area contributed by atoms with Crippen molar-refractivity contribution in [3.63, 3.8) is 0 Å². The largest absolute Gasteiger partial charge is 0.323 e. The molecule has 0 aliphatic heterocycles. The quantitative estimate of drug-likeness (QED) is 0.674. The van der Waals surface area contributed by atoms with Crippen molar-refractivity contribution < 1.29 is 8.42 Å². The Labute approximate surface area is 158 Å². The molecule has 0 aliphatic rings. The third-order valence-electron chi connectivity index (χ3n) is 4.24. The van der Waals surface area contributed by atoms with Gasteiger partial charge in [-0.25, -0.2) is 22.7 Å². The number of nitrogens with zero attached hydrogens (tertiary/aromatic N) is 4. The van der Waals surface area contributed by atoms with Gasteiger partial charge in [0, 0.05) is 38.0 Å². The average molecular weight is 386 g/mol. The van der Waals surface area contributed by atoms with Crippen molar-refractivity contribution in [2.45, 2.75) is 25.2 Å². The van der Waals surface area contributed by atoms with Crippen LogP contribution in [0.15, 0.2) is 41.4 Å². The molecular weight excluding hydrogens is 364 g/mol. The average Bonchev–Trinajstić information content (AvgIpc) is 2.94. The molecule has 3 aromatic rings. The zero-order valence-corrected chi connectivity index (χ0v) is 16.5. The summed E-state index contributed by atoms with van der Waals surface area (Å²) >= 11 is 0. The third-order valence-corrected chi connectivity index (χ3v) is 6.06. The topological polar surface area (TPSA) is 104 Å². The first-order valence-electron chi connectivity index (χ1n) is 8.39. The molecule has 0 aliphatic carbocycles. The second-order valence-corrected chi connectivity index (χ2v) is 8.57. The van der Waals surface area contributed by atoms with E-state index in [1.807, 2.05) is 19.9 Å². The number of rotatable bonds is 6. The van der Waals surface area contributed by atoms with Gasteiger partial charge in [0.1, 0.15) is 11.6 Å². The van der Waals surface area contributed by atoms with Crippen molar-refractivity contribution in [1.29, 1.82) is 0 Å². The third kappa shape index (κ3) is 4.15. The molecule has 0 atom stereocenters. The van der Waals surface area contributed by atoms with Gasteiger partial charge in [0.2, 0.25) is 10.0 Å². The molecule has 3 rings (SSSR count). The zero-order chi connectivity index (χ0) is 19.6. The molecule has 9 heteroatoms. The summed E-state index contributed by atoms with van der Waals surface area (Å²) in [6, 6.07) is 8.59. The van der Waals surface area contributed by atoms with Crippen molar-refractivity contribution in [3.8, 4) is 0 Å². The van der Waals surface area contributed by atoms with Crippen LogP contribution in [0.5, 0.6) is 0 Å². The van der Waals surface area contributed by atoms with Crippen molar-refractivity contribution in [2.24, 2.45) is 0 Å². The number of aromatic nitrogens is 4. The first-order chi connectivity index (χ1) is 12.8. The minimum Gasteiger partial charge on any atom is -0.323 e. The Morgan fingerprint density at radius 1 is 1.19 bits per heavy atom. The highest BCUT2D eigenvalue weighted by atomic mass is 32.2. The van der Waals surface area contributed by atoms with E-state index in [9.17, 15) is 8.42 Å². The lowest BCUT2D eigenvalue weighted by atomic mass is 10.1. The van der Waals surface area contributed by atoms with Gasteiger partial charge in [-0.05, 0) is 37.6 Å². The number of benzene rings is 1. The van der Waals surface area contributed by atoms with Crippen molar-refractivity contribution in [2.75, 3.05) is 19.4 Å². The van der Waals surface area contributed by atoms with Gasteiger partial charge < -0.3 is 5.32 Å². The fourth-order valence-electron chi connectivity index (χ4n) is 2.49. The van der Waals surface area contributed by atoms with Crippen molar-refractivity contribution >= 4 is 21.7 Å². The van der Waals surface area contributed by atoms with Gasteiger partial charge in [0.15, 0.2) is 5.82 Å². The Morgan fingerprint density at radius 2 is 1.96 bits per heavy atom. The van der Waals surface area contributed by atoms with Gasteiger partial charge in [-0.1, -0.05) is 12.1 Å². The van der Waals surface area contributed by atoms with Crippen LogP contribution in [0.1, 0.15) is 22.6 Å². The maximum Gasteiger partial charge on any atom is 0.242 e. The van der Waals surface area contributed by atoms with Crippen LogP contribution in [0, 0.1) is 13.8 Å². The van der Waals surface area contributed by atoms with Crippen LogP contribution in [0.4, 0.5) is 11.6 Å². The Morgan fingerprint density at radius 3 is 2.63 bits per heavy atom. The molecule has 0 spiro atoms. The summed E-state index contributed by atoms with van der Waals surface area (Å²) in [7, 11) is -0.449. The Hall–Kier alpha value is -2.78. The molecular formula is C18H22N6O2S. The van der Waals surface area contributed by atoms with E-state index in [1.165, 1.54) is 18.4 Å². The minimum atomic E-state index is -3.47. The standard InChI is InChI=1S/C18H22N6O2S/c1-12-13(2)22-23-18(12)21-16-8-9-19-17(20-16)11-14-6-5-7-15(10-14)27(25,26)24(3)4/h5-10H,11H2,1-4H3,(H2,19,20,21,22,23). The highest BCUT2D eigenvalue weighted by molar-refractivity contribution is 7.89. The lowest BCUT2D eigenvalue weighted by molar-refractivity contribution is 0.520. The minimum absolute atomic E-state index is 0.252. The van der Waals surface area contributed by atoms with Crippen LogP contribution in [-0.4, -0.2) is 47.0 Å². The number of H-pyrrole nitrogens is 1. The molecule has 0 saturated heterocycles. The first-order valence-corrected chi connectivity index (χ1v) is 9.83. The molecule has 0 fully saturated rings. The van der Waals surface area contributed by atoms with Crippen LogP contribution in [0.25, 0.3) is 0 Å². The Bertz CT molecular complexity index is 1060. The van der Waals surface area contributed by atoms with Gasteiger partial charge >= 0.3 is 0 Å². The molecule has 0 unspecified atom stereocenters. The summed E-state index contributed by atoms with van der Waals surface area (Å²) in [6.45, 7) is 3.92. The Balaban J connectivity index is 1.82. The highest BCUT2D eigenvalue weighted by Crippen LogP contribution is 2.20. The van der Waals surface area contributed by atoms with Gasteiger partial charge in [-0.3, -0.25) is 5.10 Å². The fraction of sp³-hybridized carbons (Fsp3) is 0.278. The summed E-state index contributed by atoms with van der Waals surface area (Å²) in [6.07, 6.45) is 2.09. The summed E-state index contributed by atoms with van der Waals surface area (Å²) in [4.78, 5) is 9.05. The van der Waals surface area contributed by atoms with Crippen LogP contribution in [0.2, 0.25) is 0 Å². The number of nitrogens with one attached hydrogen (secondary N) is 2. The summed E-state index contributed by atoms with van der Waals surface area (Å²) < 4.78 is 25.8. The van der Waals surface area contributed by atoms with E-state index in [-0.39, 0.29) is 4.90 Å². The molecule has 8 nitrogen and oxygen atoms in total. The first kappa shape index (κ1) is 19.0. The molecule has 27 heavy (non-hydrogen) atoms. The summed E-state index contributed by atoms with van der Waals surface area (Å²) in [5, 5.41) is 10.3. The lowest BCUT2D eigenvalue weighted by Crippen LogP contribution is -2.22. The van der Waals surface area contributed by atoms with E-state index in [0.29, 0.717) is 18.1 Å². The lowest BCUT2D eigenvalue weighted by Gasteiger charge is -2.12. The number of hydrogen-bond acceptors (Lipinski definition) is 6. The van der Waals surface area contributed by atoms with E-state index in [4.69, 9.17) is 0 Å². The van der Waals surface area contributed by atoms with E-state index in [2.05, 4.69) is 25.5 Å². The van der Waals surface area contributed by atoms with E-state index in [1.54, 1.807) is 30.5 Å². The zero-order valence-electron chi connectivity index (χ0n) is 15.7. The maximum absolute atomic E-state index is 12.3. The normalized spacial score (nSPS) is 11.7. The number of sulfonamides is 1. The maximum atomic E-state index is 12.3. The fourth-order valence-corrected chi connectivity index (χ4v) is 3.46.